The fourth-order valence-corrected chi connectivity index (χ4v) is 2.30. The molecule has 0 saturated carbocycles. The fraction of sp³-hybridized carbons (Fsp3) is 0.238. The Morgan fingerprint density at radius 2 is 1.40 bits per heavy atom. The van der Waals surface area contributed by atoms with Gasteiger partial charge in [-0.3, -0.25) is 0 Å². The molecular weight excluding hydrogens is 380 g/mol. The molecule has 0 aliphatic rings. The number of ether oxygens (including phenoxy) is 3. The second-order valence-corrected chi connectivity index (χ2v) is 5.77. The van der Waals surface area contributed by atoms with Gasteiger partial charge in [0.1, 0.15) is 5.75 Å². The molecule has 0 fully saturated rings. The van der Waals surface area contributed by atoms with E-state index in [2.05, 4.69) is 39.6 Å². The van der Waals surface area contributed by atoms with Crippen LogP contribution in [0.4, 0.5) is 0 Å². The van der Waals surface area contributed by atoms with E-state index in [1.807, 2.05) is 36.4 Å². The molecule has 0 radical (unpaired) electrons. The molecule has 0 aliphatic heterocycles. The minimum Gasteiger partial charge on any atom is -0.497 e. The van der Waals surface area contributed by atoms with E-state index >= 15 is 0 Å². The highest BCUT2D eigenvalue weighted by molar-refractivity contribution is 9.09. The van der Waals surface area contributed by atoms with E-state index in [1.54, 1.807) is 21.3 Å². The SMILES string of the molecule is COc1ccc(C#Cc2cc(OC)c(OC)cc2C#CCCBr)cc1. The van der Waals surface area contributed by atoms with Crippen LogP contribution in [0.15, 0.2) is 36.4 Å². The van der Waals surface area contributed by atoms with Crippen molar-refractivity contribution < 1.29 is 14.2 Å². The predicted octanol–water partition coefficient (Wildman–Crippen LogP) is 4.25. The summed E-state index contributed by atoms with van der Waals surface area (Å²) in [7, 11) is 4.85. The molecule has 0 heterocycles. The van der Waals surface area contributed by atoms with E-state index < -0.39 is 0 Å². The lowest BCUT2D eigenvalue weighted by Crippen LogP contribution is -1.94. The van der Waals surface area contributed by atoms with Gasteiger partial charge in [-0.1, -0.05) is 39.6 Å². The van der Waals surface area contributed by atoms with Crippen molar-refractivity contribution in [2.45, 2.75) is 6.42 Å². The molecule has 0 bridgehead atoms. The third-order valence-electron chi connectivity index (χ3n) is 3.40. The summed E-state index contributed by atoms with van der Waals surface area (Å²) in [5.74, 6) is 14.7. The number of halogens is 1. The van der Waals surface area contributed by atoms with Crippen molar-refractivity contribution in [1.29, 1.82) is 0 Å². The lowest BCUT2D eigenvalue weighted by molar-refractivity contribution is 0.355. The molecule has 128 valence electrons. The van der Waals surface area contributed by atoms with Crippen molar-refractivity contribution in [1.82, 2.24) is 0 Å². The zero-order valence-corrected chi connectivity index (χ0v) is 16.1. The van der Waals surface area contributed by atoms with Gasteiger partial charge in [0, 0.05) is 40.6 Å². The van der Waals surface area contributed by atoms with Gasteiger partial charge in [-0.05, 0) is 24.3 Å². The van der Waals surface area contributed by atoms with E-state index in [4.69, 9.17) is 14.2 Å². The minimum atomic E-state index is 0.632. The Morgan fingerprint density at radius 1 is 0.800 bits per heavy atom. The van der Waals surface area contributed by atoms with Crippen LogP contribution < -0.4 is 14.2 Å². The van der Waals surface area contributed by atoms with Crippen molar-refractivity contribution in [3.63, 3.8) is 0 Å². The van der Waals surface area contributed by atoms with Gasteiger partial charge >= 0.3 is 0 Å². The lowest BCUT2D eigenvalue weighted by Gasteiger charge is -2.09. The smallest absolute Gasteiger partial charge is 0.162 e. The highest BCUT2D eigenvalue weighted by atomic mass is 79.9. The molecule has 25 heavy (non-hydrogen) atoms. The zero-order chi connectivity index (χ0) is 18.1. The summed E-state index contributed by atoms with van der Waals surface area (Å²) in [6, 6.07) is 11.3. The number of hydrogen-bond donors (Lipinski definition) is 0. The van der Waals surface area contributed by atoms with E-state index in [9.17, 15) is 0 Å². The van der Waals surface area contributed by atoms with Crippen LogP contribution in [-0.2, 0) is 0 Å². The first kappa shape index (κ1) is 18.8. The van der Waals surface area contributed by atoms with E-state index in [-0.39, 0.29) is 0 Å². The molecule has 2 aromatic rings. The van der Waals surface area contributed by atoms with Gasteiger partial charge in [0.15, 0.2) is 11.5 Å². The van der Waals surface area contributed by atoms with Gasteiger partial charge in [0.05, 0.1) is 21.3 Å². The summed E-state index contributed by atoms with van der Waals surface area (Å²) in [4.78, 5) is 0. The summed E-state index contributed by atoms with van der Waals surface area (Å²) in [6.07, 6.45) is 0.764. The highest BCUT2D eigenvalue weighted by Gasteiger charge is 2.08. The lowest BCUT2D eigenvalue weighted by atomic mass is 10.1. The maximum atomic E-state index is 5.37. The molecular formula is C21H19BrO3. The van der Waals surface area contributed by atoms with Crippen LogP contribution in [0.3, 0.4) is 0 Å². The number of benzene rings is 2. The van der Waals surface area contributed by atoms with Crippen molar-refractivity contribution >= 4 is 15.9 Å². The average Bonchev–Trinajstić information content (AvgIpc) is 2.67. The summed E-state index contributed by atoms with van der Waals surface area (Å²) >= 11 is 3.38. The van der Waals surface area contributed by atoms with Crippen LogP contribution >= 0.6 is 15.9 Å². The van der Waals surface area contributed by atoms with Gasteiger partial charge in [-0.25, -0.2) is 0 Å². The van der Waals surface area contributed by atoms with Crippen LogP contribution in [0.5, 0.6) is 17.2 Å². The average molecular weight is 399 g/mol. The molecule has 3 nitrogen and oxygen atoms in total. The maximum Gasteiger partial charge on any atom is 0.162 e. The first-order valence-corrected chi connectivity index (χ1v) is 8.81. The Labute approximate surface area is 157 Å². The predicted molar refractivity (Wildman–Crippen MR) is 104 cm³/mol. The number of rotatable bonds is 4. The molecule has 0 unspecified atom stereocenters. The third kappa shape index (κ3) is 5.21. The number of hydrogen-bond acceptors (Lipinski definition) is 3. The van der Waals surface area contributed by atoms with Gasteiger partial charge in [0.2, 0.25) is 0 Å². The van der Waals surface area contributed by atoms with Crippen LogP contribution in [-0.4, -0.2) is 26.7 Å². The Hall–Kier alpha value is -2.56. The molecule has 0 amide bonds. The Bertz CT molecular complexity index is 834. The van der Waals surface area contributed by atoms with Crippen molar-refractivity contribution in [2.75, 3.05) is 26.7 Å². The van der Waals surface area contributed by atoms with Crippen molar-refractivity contribution in [3.8, 4) is 40.9 Å². The molecule has 0 aromatic heterocycles. The highest BCUT2D eigenvalue weighted by Crippen LogP contribution is 2.30. The largest absolute Gasteiger partial charge is 0.497 e. The van der Waals surface area contributed by atoms with Crippen LogP contribution in [0.2, 0.25) is 0 Å². The second-order valence-electron chi connectivity index (χ2n) is 4.97. The van der Waals surface area contributed by atoms with E-state index in [0.29, 0.717) is 11.5 Å². The van der Waals surface area contributed by atoms with Crippen LogP contribution in [0, 0.1) is 23.7 Å². The summed E-state index contributed by atoms with van der Waals surface area (Å²) in [6.45, 7) is 0. The fourth-order valence-electron chi connectivity index (χ4n) is 2.10. The summed E-state index contributed by atoms with van der Waals surface area (Å²) < 4.78 is 15.9. The Morgan fingerprint density at radius 3 is 1.92 bits per heavy atom. The maximum absolute atomic E-state index is 5.37. The quantitative estimate of drug-likeness (QED) is 0.569. The number of methoxy groups -OCH3 is 3. The summed E-state index contributed by atoms with van der Waals surface area (Å²) in [5, 5.41) is 0.833. The first-order chi connectivity index (χ1) is 12.2. The van der Waals surface area contributed by atoms with Gasteiger partial charge in [0.25, 0.3) is 0 Å². The monoisotopic (exact) mass is 398 g/mol. The zero-order valence-electron chi connectivity index (χ0n) is 14.5. The van der Waals surface area contributed by atoms with Crippen molar-refractivity contribution in [2.24, 2.45) is 0 Å². The molecule has 4 heteroatoms. The van der Waals surface area contributed by atoms with Gasteiger partial charge < -0.3 is 14.2 Å². The van der Waals surface area contributed by atoms with Crippen molar-refractivity contribution in [3.05, 3.63) is 53.1 Å². The molecule has 2 aromatic carbocycles. The third-order valence-corrected chi connectivity index (χ3v) is 3.79. The van der Waals surface area contributed by atoms with Gasteiger partial charge in [-0.2, -0.15) is 0 Å². The Kier molecular flexibility index (Phi) is 7.26. The molecule has 0 spiro atoms. The molecule has 0 N–H and O–H groups in total. The number of alkyl halides is 1. The standard InChI is InChI=1S/C21H19BrO3/c1-23-19-11-8-16(9-12-19)7-10-18-15-21(25-3)20(24-2)14-17(18)6-4-5-13-22/h8-9,11-12,14-15H,5,13H2,1-3H3. The van der Waals surface area contributed by atoms with Gasteiger partial charge in [-0.15, -0.1) is 0 Å². The molecule has 0 atom stereocenters. The molecule has 2 rings (SSSR count). The Balaban J connectivity index is 2.43. The normalized spacial score (nSPS) is 9.28. The molecule has 0 saturated heterocycles. The van der Waals surface area contributed by atoms with Crippen LogP contribution in [0.25, 0.3) is 0 Å². The second kappa shape index (κ2) is 9.67. The minimum absolute atomic E-state index is 0.632. The topological polar surface area (TPSA) is 27.7 Å². The first-order valence-electron chi connectivity index (χ1n) is 7.68. The van der Waals surface area contributed by atoms with E-state index in [1.165, 1.54) is 0 Å². The molecule has 0 aliphatic carbocycles. The van der Waals surface area contributed by atoms with E-state index in [0.717, 1.165) is 34.2 Å². The summed E-state index contributed by atoms with van der Waals surface area (Å²) in [5.41, 5.74) is 2.52. The van der Waals surface area contributed by atoms with Crippen LogP contribution in [0.1, 0.15) is 23.1 Å².